The lowest BCUT2D eigenvalue weighted by Crippen LogP contribution is -2.10. The fourth-order valence-electron chi connectivity index (χ4n) is 3.14. The summed E-state index contributed by atoms with van der Waals surface area (Å²) in [6, 6.07) is 10.3. The zero-order valence-electron chi connectivity index (χ0n) is 18.2. The number of alkyl halides is 3. The molecule has 172 valence electrons. The molecule has 0 bridgehead atoms. The highest BCUT2D eigenvalue weighted by atomic mass is 32.1. The third-order valence-electron chi connectivity index (χ3n) is 4.61. The van der Waals surface area contributed by atoms with Crippen molar-refractivity contribution in [2.45, 2.75) is 32.7 Å². The quantitative estimate of drug-likeness (QED) is 0.355. The second-order valence-corrected chi connectivity index (χ2v) is 8.82. The Kier molecular flexibility index (Phi) is 6.37. The lowest BCUT2D eigenvalue weighted by molar-refractivity contribution is -0.141. The number of hydrogen-bond donors (Lipinski definition) is 1. The van der Waals surface area contributed by atoms with Gasteiger partial charge in [0.15, 0.2) is 0 Å². The monoisotopic (exact) mass is 473 g/mol. The third-order valence-corrected chi connectivity index (χ3v) is 5.66. The Balaban J connectivity index is 1.51. The molecule has 0 aliphatic heterocycles. The average Bonchev–Trinajstić information content (AvgIpc) is 3.41. The lowest BCUT2D eigenvalue weighted by Gasteiger charge is -2.12. The smallest absolute Gasteiger partial charge is 0.433 e. The van der Waals surface area contributed by atoms with Gasteiger partial charge in [-0.15, -0.1) is 11.3 Å². The summed E-state index contributed by atoms with van der Waals surface area (Å²) in [5, 5.41) is 7.91. The molecule has 0 spiro atoms. The summed E-state index contributed by atoms with van der Waals surface area (Å²) < 4.78 is 47.4. The van der Waals surface area contributed by atoms with E-state index in [9.17, 15) is 13.2 Å². The first-order chi connectivity index (χ1) is 15.7. The van der Waals surface area contributed by atoms with Crippen LogP contribution in [-0.4, -0.2) is 25.9 Å². The van der Waals surface area contributed by atoms with Crippen LogP contribution in [0.25, 0.3) is 21.8 Å². The van der Waals surface area contributed by atoms with Gasteiger partial charge in [0.2, 0.25) is 0 Å². The molecule has 0 amide bonds. The standard InChI is InChI=1S/C23H22F3N5OS/c1-14(2)32-18-6-4-15(5-7-18)22-28-12-19(33-22)11-27-17-8-20(16-10-29-31(3)13-16)30-21(9-17)23(24,25)26/h4-10,12-14H,11H2,1-3H3,(H,27,30). The molecule has 0 fully saturated rings. The van der Waals surface area contributed by atoms with Crippen LogP contribution in [0.1, 0.15) is 24.4 Å². The van der Waals surface area contributed by atoms with Crippen LogP contribution in [0.3, 0.4) is 0 Å². The molecule has 4 aromatic rings. The normalized spacial score (nSPS) is 11.7. The fourth-order valence-corrected chi connectivity index (χ4v) is 4.00. The molecule has 0 saturated heterocycles. The lowest BCUT2D eigenvalue weighted by atomic mass is 10.2. The van der Waals surface area contributed by atoms with Gasteiger partial charge in [0.25, 0.3) is 0 Å². The van der Waals surface area contributed by atoms with Crippen LogP contribution < -0.4 is 10.1 Å². The predicted molar refractivity (Wildman–Crippen MR) is 122 cm³/mol. The van der Waals surface area contributed by atoms with Crippen molar-refractivity contribution in [2.24, 2.45) is 7.05 Å². The molecule has 0 aliphatic rings. The molecule has 0 unspecified atom stereocenters. The van der Waals surface area contributed by atoms with Gasteiger partial charge in [0.05, 0.1) is 24.5 Å². The van der Waals surface area contributed by atoms with Gasteiger partial charge in [-0.3, -0.25) is 4.68 Å². The van der Waals surface area contributed by atoms with Gasteiger partial charge in [-0.1, -0.05) is 0 Å². The van der Waals surface area contributed by atoms with Gasteiger partial charge in [-0.05, 0) is 50.2 Å². The number of ether oxygens (including phenoxy) is 1. The van der Waals surface area contributed by atoms with E-state index in [1.807, 2.05) is 38.1 Å². The van der Waals surface area contributed by atoms with E-state index >= 15 is 0 Å². The number of nitrogens with one attached hydrogen (secondary N) is 1. The molecule has 0 radical (unpaired) electrons. The minimum Gasteiger partial charge on any atom is -0.491 e. The van der Waals surface area contributed by atoms with Crippen molar-refractivity contribution >= 4 is 17.0 Å². The Morgan fingerprint density at radius 1 is 1.09 bits per heavy atom. The molecule has 3 heterocycles. The maximum Gasteiger partial charge on any atom is 0.433 e. The number of hydrogen-bond acceptors (Lipinski definition) is 6. The van der Waals surface area contributed by atoms with E-state index in [1.165, 1.54) is 22.2 Å². The molecule has 10 heteroatoms. The van der Waals surface area contributed by atoms with Gasteiger partial charge < -0.3 is 10.1 Å². The van der Waals surface area contributed by atoms with Crippen molar-refractivity contribution < 1.29 is 17.9 Å². The van der Waals surface area contributed by atoms with Crippen molar-refractivity contribution in [2.75, 3.05) is 5.32 Å². The Hall–Kier alpha value is -3.40. The molecule has 3 aromatic heterocycles. The molecule has 0 aliphatic carbocycles. The topological polar surface area (TPSA) is 64.9 Å². The minimum absolute atomic E-state index is 0.0955. The van der Waals surface area contributed by atoms with Crippen LogP contribution in [0.2, 0.25) is 0 Å². The Labute approximate surface area is 193 Å². The number of anilines is 1. The number of benzene rings is 1. The zero-order valence-corrected chi connectivity index (χ0v) is 19.0. The summed E-state index contributed by atoms with van der Waals surface area (Å²) in [4.78, 5) is 9.11. The van der Waals surface area contributed by atoms with Crippen molar-refractivity contribution in [3.63, 3.8) is 0 Å². The largest absolute Gasteiger partial charge is 0.491 e. The van der Waals surface area contributed by atoms with E-state index < -0.39 is 11.9 Å². The zero-order chi connectivity index (χ0) is 23.6. The Bertz CT molecular complexity index is 1230. The molecule has 1 aromatic carbocycles. The Morgan fingerprint density at radius 3 is 2.48 bits per heavy atom. The van der Waals surface area contributed by atoms with Crippen LogP contribution in [0.4, 0.5) is 18.9 Å². The van der Waals surface area contributed by atoms with Crippen molar-refractivity contribution in [1.29, 1.82) is 0 Å². The maximum atomic E-state index is 13.4. The Morgan fingerprint density at radius 2 is 1.85 bits per heavy atom. The van der Waals surface area contributed by atoms with Gasteiger partial charge in [-0.25, -0.2) is 9.97 Å². The van der Waals surface area contributed by atoms with Gasteiger partial charge >= 0.3 is 6.18 Å². The van der Waals surface area contributed by atoms with Gasteiger partial charge in [0, 0.05) is 41.1 Å². The second kappa shape index (κ2) is 9.22. The molecule has 4 rings (SSSR count). The number of nitrogens with zero attached hydrogens (tertiary/aromatic N) is 4. The van der Waals surface area contributed by atoms with E-state index in [-0.39, 0.29) is 11.8 Å². The number of halogens is 3. The van der Waals surface area contributed by atoms with E-state index in [0.717, 1.165) is 27.3 Å². The minimum atomic E-state index is -4.56. The summed E-state index contributed by atoms with van der Waals surface area (Å²) in [7, 11) is 1.70. The van der Waals surface area contributed by atoms with Crippen molar-refractivity contribution in [3.05, 3.63) is 65.6 Å². The van der Waals surface area contributed by atoms with Crippen LogP contribution in [0, 0.1) is 0 Å². The molecule has 0 saturated carbocycles. The van der Waals surface area contributed by atoms with Crippen molar-refractivity contribution in [3.8, 4) is 27.6 Å². The molecule has 33 heavy (non-hydrogen) atoms. The fraction of sp³-hybridized carbons (Fsp3) is 0.261. The summed E-state index contributed by atoms with van der Waals surface area (Å²) in [6.45, 7) is 4.27. The van der Waals surface area contributed by atoms with E-state index in [4.69, 9.17) is 4.74 Å². The summed E-state index contributed by atoms with van der Waals surface area (Å²) in [6.07, 6.45) is 0.369. The maximum absolute atomic E-state index is 13.4. The first-order valence-electron chi connectivity index (χ1n) is 10.2. The summed E-state index contributed by atoms with van der Waals surface area (Å²) in [5.74, 6) is 0.787. The van der Waals surface area contributed by atoms with E-state index in [1.54, 1.807) is 25.5 Å². The molecule has 6 nitrogen and oxygen atoms in total. The van der Waals surface area contributed by atoms with E-state index in [0.29, 0.717) is 17.8 Å². The second-order valence-electron chi connectivity index (χ2n) is 7.70. The van der Waals surface area contributed by atoms with Crippen LogP contribution in [0.5, 0.6) is 5.75 Å². The number of thiazole rings is 1. The number of rotatable bonds is 7. The number of aromatic nitrogens is 4. The first-order valence-corrected chi connectivity index (χ1v) is 11.0. The predicted octanol–water partition coefficient (Wildman–Crippen LogP) is 6.02. The van der Waals surface area contributed by atoms with Crippen LogP contribution in [0.15, 0.2) is 55.0 Å². The highest BCUT2D eigenvalue weighted by Gasteiger charge is 2.33. The molecule has 0 atom stereocenters. The average molecular weight is 474 g/mol. The van der Waals surface area contributed by atoms with Crippen LogP contribution in [-0.2, 0) is 19.8 Å². The van der Waals surface area contributed by atoms with Crippen LogP contribution >= 0.6 is 11.3 Å². The highest BCUT2D eigenvalue weighted by molar-refractivity contribution is 7.15. The van der Waals surface area contributed by atoms with Crippen molar-refractivity contribution in [1.82, 2.24) is 19.7 Å². The van der Waals surface area contributed by atoms with Gasteiger partial charge in [-0.2, -0.15) is 18.3 Å². The first kappa shape index (κ1) is 22.8. The number of aryl methyl sites for hydroxylation is 1. The number of pyridine rings is 1. The summed E-state index contributed by atoms with van der Waals surface area (Å²) >= 11 is 1.47. The molecular formula is C23H22F3N5OS. The SMILES string of the molecule is CC(C)Oc1ccc(-c2ncc(CNc3cc(-c4cnn(C)c4)nc(C(F)(F)F)c3)s2)cc1. The molecular weight excluding hydrogens is 451 g/mol. The third kappa shape index (κ3) is 5.70. The summed E-state index contributed by atoms with van der Waals surface area (Å²) in [5.41, 5.74) is 1.02. The molecule has 1 N–H and O–H groups in total. The van der Waals surface area contributed by atoms with Gasteiger partial charge in [0.1, 0.15) is 16.5 Å². The highest BCUT2D eigenvalue weighted by Crippen LogP contribution is 2.33. The van der Waals surface area contributed by atoms with E-state index in [2.05, 4.69) is 20.4 Å².